The van der Waals surface area contributed by atoms with Crippen molar-refractivity contribution in [3.05, 3.63) is 42.1 Å². The molecule has 1 aromatic heterocycles. The number of piperazine rings is 1. The molecule has 234 valence electrons. The van der Waals surface area contributed by atoms with E-state index in [-0.39, 0.29) is 50.2 Å². The average molecular weight is 597 g/mol. The summed E-state index contributed by atoms with van der Waals surface area (Å²) < 4.78 is 10.5. The molecule has 12 nitrogen and oxygen atoms in total. The minimum atomic E-state index is -1.02. The number of carbonyl (C=O) groups excluding carboxylic acids is 4. The molecule has 3 rings (SSSR count). The van der Waals surface area contributed by atoms with Crippen LogP contribution >= 0.6 is 0 Å². The molecule has 2 heterocycles. The highest BCUT2D eigenvalue weighted by Crippen LogP contribution is 2.21. The smallest absolute Gasteiger partial charge is 0.409 e. The summed E-state index contributed by atoms with van der Waals surface area (Å²) >= 11 is 0. The van der Waals surface area contributed by atoms with E-state index in [1.54, 1.807) is 43.6 Å². The Labute approximate surface area is 253 Å². The Bertz CT molecular complexity index is 1270. The summed E-state index contributed by atoms with van der Waals surface area (Å²) in [6.45, 7) is 12.5. The van der Waals surface area contributed by atoms with Crippen LogP contribution in [0.25, 0.3) is 11.4 Å². The number of nitrogens with zero attached hydrogens (tertiary/aromatic N) is 5. The van der Waals surface area contributed by atoms with Gasteiger partial charge in [0.05, 0.1) is 6.61 Å². The van der Waals surface area contributed by atoms with Crippen LogP contribution in [0.2, 0.25) is 0 Å². The van der Waals surface area contributed by atoms with Crippen molar-refractivity contribution in [1.29, 1.82) is 0 Å². The summed E-state index contributed by atoms with van der Waals surface area (Å²) in [6, 6.07) is 10.0. The predicted molar refractivity (Wildman–Crippen MR) is 163 cm³/mol. The number of hydrogen-bond acceptors (Lipinski definition) is 9. The Morgan fingerprint density at radius 2 is 1.63 bits per heavy atom. The first-order valence-electron chi connectivity index (χ1n) is 14.7. The maximum absolute atomic E-state index is 13.7. The molecule has 43 heavy (non-hydrogen) atoms. The van der Waals surface area contributed by atoms with E-state index in [1.165, 1.54) is 0 Å². The third-order valence-electron chi connectivity index (χ3n) is 6.89. The molecular formula is C31H44N6O6. The minimum Gasteiger partial charge on any atom is -0.460 e. The molecule has 0 aliphatic carbocycles. The van der Waals surface area contributed by atoms with E-state index < -0.39 is 29.6 Å². The van der Waals surface area contributed by atoms with Crippen LogP contribution < -0.4 is 10.2 Å². The van der Waals surface area contributed by atoms with Gasteiger partial charge in [0, 0.05) is 57.3 Å². The van der Waals surface area contributed by atoms with Crippen molar-refractivity contribution in [3.63, 3.8) is 0 Å². The van der Waals surface area contributed by atoms with Gasteiger partial charge in [-0.15, -0.1) is 0 Å². The van der Waals surface area contributed by atoms with Crippen molar-refractivity contribution in [2.24, 2.45) is 0 Å². The fourth-order valence-corrected chi connectivity index (χ4v) is 4.40. The molecule has 1 fully saturated rings. The highest BCUT2D eigenvalue weighted by molar-refractivity contribution is 5.97. The molecule has 1 aromatic carbocycles. The standard InChI is InChI=1S/C31H44N6O6/c1-8-42-30(41)37-18-16-36(17-19-37)29(40)23(14-15-26(38)43-31(4,5)6)33-28(39)24-20-25(35(7)21(2)3)34-27(32-24)22-12-10-9-11-13-22/h9-13,20-21,23H,8,14-19H2,1-7H3,(H,33,39). The van der Waals surface area contributed by atoms with E-state index in [4.69, 9.17) is 9.47 Å². The summed E-state index contributed by atoms with van der Waals surface area (Å²) in [5.41, 5.74) is 0.155. The van der Waals surface area contributed by atoms with Crippen molar-refractivity contribution < 1.29 is 28.7 Å². The Morgan fingerprint density at radius 1 is 1.00 bits per heavy atom. The molecule has 0 bridgehead atoms. The lowest BCUT2D eigenvalue weighted by Crippen LogP contribution is -2.56. The number of hydrogen-bond donors (Lipinski definition) is 1. The highest BCUT2D eigenvalue weighted by Gasteiger charge is 2.32. The number of esters is 1. The zero-order valence-electron chi connectivity index (χ0n) is 26.3. The molecule has 1 unspecified atom stereocenters. The third-order valence-corrected chi connectivity index (χ3v) is 6.89. The van der Waals surface area contributed by atoms with Gasteiger partial charge < -0.3 is 29.5 Å². The molecule has 1 N–H and O–H groups in total. The number of amides is 3. The second kappa shape index (κ2) is 14.8. The van der Waals surface area contributed by atoms with Gasteiger partial charge in [-0.25, -0.2) is 14.8 Å². The predicted octanol–water partition coefficient (Wildman–Crippen LogP) is 3.51. The van der Waals surface area contributed by atoms with Crippen molar-refractivity contribution in [3.8, 4) is 11.4 Å². The van der Waals surface area contributed by atoms with Crippen molar-refractivity contribution in [2.75, 3.05) is 44.7 Å². The Morgan fingerprint density at radius 3 is 2.21 bits per heavy atom. The molecular weight excluding hydrogens is 552 g/mol. The van der Waals surface area contributed by atoms with Gasteiger partial charge in [0.15, 0.2) is 5.82 Å². The average Bonchev–Trinajstić information content (AvgIpc) is 2.97. The maximum atomic E-state index is 13.7. The molecule has 1 saturated heterocycles. The molecule has 0 saturated carbocycles. The summed E-state index contributed by atoms with van der Waals surface area (Å²) in [7, 11) is 1.88. The molecule has 1 aliphatic rings. The lowest BCUT2D eigenvalue weighted by Gasteiger charge is -2.36. The van der Waals surface area contributed by atoms with E-state index in [2.05, 4.69) is 15.3 Å². The first-order chi connectivity index (χ1) is 20.3. The fourth-order valence-electron chi connectivity index (χ4n) is 4.40. The van der Waals surface area contributed by atoms with E-state index in [9.17, 15) is 19.2 Å². The quantitative estimate of drug-likeness (QED) is 0.409. The molecule has 1 atom stereocenters. The second-order valence-corrected chi connectivity index (χ2v) is 11.7. The van der Waals surface area contributed by atoms with Gasteiger partial charge in [0.2, 0.25) is 5.91 Å². The number of rotatable bonds is 10. The van der Waals surface area contributed by atoms with Crippen molar-refractivity contribution in [1.82, 2.24) is 25.1 Å². The van der Waals surface area contributed by atoms with Gasteiger partial charge in [0.1, 0.15) is 23.2 Å². The zero-order valence-corrected chi connectivity index (χ0v) is 26.3. The Hall–Kier alpha value is -4.22. The van der Waals surface area contributed by atoms with Crippen LogP contribution in [-0.2, 0) is 19.1 Å². The van der Waals surface area contributed by atoms with E-state index >= 15 is 0 Å². The van der Waals surface area contributed by atoms with Gasteiger partial charge >= 0.3 is 12.1 Å². The summed E-state index contributed by atoms with van der Waals surface area (Å²) in [5, 5.41) is 2.82. The highest BCUT2D eigenvalue weighted by atomic mass is 16.6. The van der Waals surface area contributed by atoms with E-state index in [1.807, 2.05) is 56.1 Å². The molecule has 0 spiro atoms. The number of aromatic nitrogens is 2. The lowest BCUT2D eigenvalue weighted by molar-refractivity contribution is -0.155. The number of benzene rings is 1. The van der Waals surface area contributed by atoms with Crippen LogP contribution in [-0.4, -0.2) is 101 Å². The molecule has 2 aromatic rings. The van der Waals surface area contributed by atoms with E-state index in [0.29, 0.717) is 24.7 Å². The summed E-state index contributed by atoms with van der Waals surface area (Å²) in [4.78, 5) is 66.3. The van der Waals surface area contributed by atoms with Crippen LogP contribution in [0.5, 0.6) is 0 Å². The Balaban J connectivity index is 1.86. The van der Waals surface area contributed by atoms with Crippen LogP contribution in [0.1, 0.15) is 64.9 Å². The van der Waals surface area contributed by atoms with Gasteiger partial charge in [-0.05, 0) is 48.0 Å². The summed E-state index contributed by atoms with van der Waals surface area (Å²) in [6.07, 6.45) is -0.464. The third kappa shape index (κ3) is 9.65. The van der Waals surface area contributed by atoms with Crippen molar-refractivity contribution >= 4 is 29.7 Å². The SMILES string of the molecule is CCOC(=O)N1CCN(C(=O)C(CCC(=O)OC(C)(C)C)NC(=O)c2cc(N(C)C(C)C)nc(-c3ccccc3)n2)CC1. The largest absolute Gasteiger partial charge is 0.460 e. The number of nitrogens with one attached hydrogen (secondary N) is 1. The Kier molecular flexibility index (Phi) is 11.4. The van der Waals surface area contributed by atoms with Gasteiger partial charge in [-0.1, -0.05) is 30.3 Å². The molecule has 12 heteroatoms. The second-order valence-electron chi connectivity index (χ2n) is 11.7. The fraction of sp³-hybridized carbons (Fsp3) is 0.548. The van der Waals surface area contributed by atoms with Crippen LogP contribution in [0, 0.1) is 0 Å². The lowest BCUT2D eigenvalue weighted by atomic mass is 10.1. The van der Waals surface area contributed by atoms with Gasteiger partial charge in [-0.2, -0.15) is 0 Å². The topological polar surface area (TPSA) is 134 Å². The van der Waals surface area contributed by atoms with E-state index in [0.717, 1.165) is 5.56 Å². The molecule has 3 amide bonds. The zero-order chi connectivity index (χ0) is 31.7. The number of ether oxygens (including phenoxy) is 2. The first kappa shape index (κ1) is 33.3. The molecule has 1 aliphatic heterocycles. The van der Waals surface area contributed by atoms with Crippen molar-refractivity contribution in [2.45, 2.75) is 72.1 Å². The van der Waals surface area contributed by atoms with Crippen LogP contribution in [0.15, 0.2) is 36.4 Å². The first-order valence-corrected chi connectivity index (χ1v) is 14.7. The monoisotopic (exact) mass is 596 g/mol. The minimum absolute atomic E-state index is 0.0347. The summed E-state index contributed by atoms with van der Waals surface area (Å²) in [5.74, 6) is -0.452. The number of anilines is 1. The van der Waals surface area contributed by atoms with Gasteiger partial charge in [0.25, 0.3) is 5.91 Å². The van der Waals surface area contributed by atoms with Crippen LogP contribution in [0.4, 0.5) is 10.6 Å². The van der Waals surface area contributed by atoms with Gasteiger partial charge in [-0.3, -0.25) is 14.4 Å². The van der Waals surface area contributed by atoms with Crippen LogP contribution in [0.3, 0.4) is 0 Å². The molecule has 0 radical (unpaired) electrons. The number of carbonyl (C=O) groups is 4. The normalized spacial score (nSPS) is 14.2. The maximum Gasteiger partial charge on any atom is 0.409 e.